The Balaban J connectivity index is 1.63. The van der Waals surface area contributed by atoms with Crippen LogP contribution in [0.15, 0.2) is 48.5 Å². The summed E-state index contributed by atoms with van der Waals surface area (Å²) in [7, 11) is 1.60. The minimum atomic E-state index is -0.388. The van der Waals surface area contributed by atoms with Gasteiger partial charge in [-0.25, -0.2) is 4.68 Å². The first-order chi connectivity index (χ1) is 18.8. The molecule has 0 aliphatic carbocycles. The molecule has 198 valence electrons. The van der Waals surface area contributed by atoms with E-state index in [1.165, 1.54) is 0 Å². The number of rotatable bonds is 6. The van der Waals surface area contributed by atoms with Crippen LogP contribution in [0, 0.1) is 6.92 Å². The van der Waals surface area contributed by atoms with Gasteiger partial charge < -0.3 is 10.1 Å². The molecule has 9 heteroatoms. The van der Waals surface area contributed by atoms with E-state index >= 15 is 0 Å². The SMILES string of the molecule is COc1ccc(CNC=O)cc1-n1nc2c(c1C(C)C)C1c3ccc(Cl)cc3-c3c(Cl)ccc(C)c3N1C2=O. The van der Waals surface area contributed by atoms with Gasteiger partial charge in [0.1, 0.15) is 11.4 Å². The lowest BCUT2D eigenvalue weighted by Crippen LogP contribution is -2.34. The van der Waals surface area contributed by atoms with Crippen LogP contribution in [0.2, 0.25) is 10.0 Å². The van der Waals surface area contributed by atoms with Gasteiger partial charge in [0.15, 0.2) is 5.69 Å². The van der Waals surface area contributed by atoms with Crippen molar-refractivity contribution in [1.82, 2.24) is 15.1 Å². The highest BCUT2D eigenvalue weighted by Gasteiger charge is 2.49. The number of fused-ring (bicyclic) bond motifs is 8. The third-order valence-electron chi connectivity index (χ3n) is 7.47. The molecule has 0 saturated carbocycles. The van der Waals surface area contributed by atoms with Crippen molar-refractivity contribution < 1.29 is 14.3 Å². The summed E-state index contributed by atoms with van der Waals surface area (Å²) < 4.78 is 7.52. The van der Waals surface area contributed by atoms with Gasteiger partial charge in [-0.2, -0.15) is 5.10 Å². The molecule has 0 spiro atoms. The van der Waals surface area contributed by atoms with Gasteiger partial charge >= 0.3 is 0 Å². The molecule has 0 fully saturated rings. The number of carbonyl (C=O) groups excluding carboxylic acids is 2. The fourth-order valence-electron chi connectivity index (χ4n) is 5.89. The number of aromatic nitrogens is 2. The third-order valence-corrected chi connectivity index (χ3v) is 8.02. The minimum absolute atomic E-state index is 0.0214. The number of aryl methyl sites for hydroxylation is 1. The number of nitrogens with one attached hydrogen (secondary N) is 1. The number of carbonyl (C=O) groups is 2. The first-order valence-corrected chi connectivity index (χ1v) is 13.4. The normalized spacial score (nSPS) is 15.1. The summed E-state index contributed by atoms with van der Waals surface area (Å²) >= 11 is 13.2. The van der Waals surface area contributed by atoms with Gasteiger partial charge in [0, 0.05) is 22.7 Å². The van der Waals surface area contributed by atoms with Gasteiger partial charge in [-0.15, -0.1) is 0 Å². The maximum atomic E-state index is 14.2. The van der Waals surface area contributed by atoms with Crippen LogP contribution in [0.5, 0.6) is 5.75 Å². The van der Waals surface area contributed by atoms with Gasteiger partial charge in [0.2, 0.25) is 6.41 Å². The van der Waals surface area contributed by atoms with Gasteiger partial charge in [0.25, 0.3) is 5.91 Å². The second-order valence-electron chi connectivity index (χ2n) is 10.1. The van der Waals surface area contributed by atoms with Gasteiger partial charge in [-0.3, -0.25) is 14.5 Å². The molecule has 1 N–H and O–H groups in total. The maximum absolute atomic E-state index is 14.2. The first-order valence-electron chi connectivity index (χ1n) is 12.7. The van der Waals surface area contributed by atoms with Crippen LogP contribution >= 0.6 is 23.2 Å². The molecule has 0 bridgehead atoms. The molecule has 0 radical (unpaired) electrons. The Morgan fingerprint density at radius 2 is 1.92 bits per heavy atom. The maximum Gasteiger partial charge on any atom is 0.280 e. The molecule has 1 atom stereocenters. The Kier molecular flexibility index (Phi) is 6.16. The minimum Gasteiger partial charge on any atom is -0.494 e. The van der Waals surface area contributed by atoms with Gasteiger partial charge in [-0.05, 0) is 65.4 Å². The Morgan fingerprint density at radius 3 is 2.64 bits per heavy atom. The molecule has 2 aliphatic heterocycles. The topological polar surface area (TPSA) is 76.5 Å². The predicted molar refractivity (Wildman–Crippen MR) is 152 cm³/mol. The number of ether oxygens (including phenoxy) is 1. The number of methoxy groups -OCH3 is 1. The van der Waals surface area contributed by atoms with Crippen LogP contribution in [0.4, 0.5) is 5.69 Å². The Bertz CT molecular complexity index is 1680. The molecular weight excluding hydrogens is 535 g/mol. The Labute approximate surface area is 236 Å². The molecule has 1 aromatic heterocycles. The van der Waals surface area contributed by atoms with Crippen molar-refractivity contribution in [2.45, 2.75) is 39.3 Å². The van der Waals surface area contributed by atoms with E-state index < -0.39 is 0 Å². The lowest BCUT2D eigenvalue weighted by molar-refractivity contribution is -0.109. The summed E-state index contributed by atoms with van der Waals surface area (Å²) in [5.74, 6) is 0.453. The quantitative estimate of drug-likeness (QED) is 0.270. The lowest BCUT2D eigenvalue weighted by Gasteiger charge is -2.36. The predicted octanol–water partition coefficient (Wildman–Crippen LogP) is 6.60. The number of nitrogens with zero attached hydrogens (tertiary/aromatic N) is 3. The van der Waals surface area contributed by atoms with Crippen LogP contribution in [0.3, 0.4) is 0 Å². The molecule has 0 saturated heterocycles. The second kappa shape index (κ2) is 9.43. The van der Waals surface area contributed by atoms with E-state index in [9.17, 15) is 9.59 Å². The zero-order valence-electron chi connectivity index (χ0n) is 21.9. The van der Waals surface area contributed by atoms with Crippen molar-refractivity contribution in [2.75, 3.05) is 12.0 Å². The highest BCUT2D eigenvalue weighted by atomic mass is 35.5. The average Bonchev–Trinajstić information content (AvgIpc) is 3.44. The van der Waals surface area contributed by atoms with Crippen molar-refractivity contribution in [2.24, 2.45) is 0 Å². The summed E-state index contributed by atoms with van der Waals surface area (Å²) in [6.07, 6.45) is 0.665. The average molecular weight is 561 g/mol. The molecule has 3 aromatic carbocycles. The smallest absolute Gasteiger partial charge is 0.280 e. The monoisotopic (exact) mass is 560 g/mol. The van der Waals surface area contributed by atoms with E-state index in [0.717, 1.165) is 44.8 Å². The largest absolute Gasteiger partial charge is 0.494 e. The van der Waals surface area contributed by atoms with Crippen LogP contribution in [-0.2, 0) is 11.3 Å². The highest BCUT2D eigenvalue weighted by molar-refractivity contribution is 6.35. The number of amides is 2. The number of hydrogen-bond donors (Lipinski definition) is 1. The molecule has 2 amide bonds. The summed E-state index contributed by atoms with van der Waals surface area (Å²) in [4.78, 5) is 27.0. The molecule has 2 aliphatic rings. The van der Waals surface area contributed by atoms with E-state index in [1.54, 1.807) is 7.11 Å². The van der Waals surface area contributed by atoms with Gasteiger partial charge in [-0.1, -0.05) is 55.2 Å². The first kappa shape index (κ1) is 25.5. The van der Waals surface area contributed by atoms with Crippen molar-refractivity contribution in [1.29, 1.82) is 0 Å². The second-order valence-corrected chi connectivity index (χ2v) is 11.0. The van der Waals surface area contributed by atoms with Crippen molar-refractivity contribution in [3.63, 3.8) is 0 Å². The van der Waals surface area contributed by atoms with Crippen LogP contribution in [0.1, 0.15) is 64.2 Å². The Hall–Kier alpha value is -3.81. The standard InChI is InChI=1S/C30H26Cl2N4O3/c1-15(2)27-25-26(34-36(27)22-11-17(13-33-14-37)6-10-23(22)39-4)30(38)35-28-16(3)5-9-21(32)24(28)20-12-18(31)7-8-19(20)29(25)35/h5-12,14-15,29H,13H2,1-4H3,(H,33,37). The number of hydrogen-bond acceptors (Lipinski definition) is 4. The van der Waals surface area contributed by atoms with E-state index in [1.807, 2.05) is 65.0 Å². The van der Waals surface area contributed by atoms with E-state index in [-0.39, 0.29) is 17.9 Å². The zero-order chi connectivity index (χ0) is 27.6. The zero-order valence-corrected chi connectivity index (χ0v) is 23.4. The Morgan fingerprint density at radius 1 is 1.13 bits per heavy atom. The summed E-state index contributed by atoms with van der Waals surface area (Å²) in [6.45, 7) is 6.53. The lowest BCUT2D eigenvalue weighted by atomic mass is 9.84. The number of halogens is 2. The number of anilines is 1. The van der Waals surface area contributed by atoms with E-state index in [2.05, 4.69) is 19.2 Å². The molecular formula is C30H26Cl2N4O3. The van der Waals surface area contributed by atoms with Crippen LogP contribution < -0.4 is 15.0 Å². The summed E-state index contributed by atoms with van der Waals surface area (Å²) in [5.41, 5.74) is 8.15. The van der Waals surface area contributed by atoms with Gasteiger partial charge in [0.05, 0.1) is 29.6 Å². The fraction of sp³-hybridized carbons (Fsp3) is 0.233. The van der Waals surface area contributed by atoms with Crippen molar-refractivity contribution >= 4 is 41.2 Å². The third kappa shape index (κ3) is 3.75. The summed E-state index contributed by atoms with van der Waals surface area (Å²) in [5, 5.41) is 8.79. The molecule has 7 nitrogen and oxygen atoms in total. The van der Waals surface area contributed by atoms with Crippen molar-refractivity contribution in [3.8, 4) is 22.6 Å². The highest BCUT2D eigenvalue weighted by Crippen LogP contribution is 2.56. The van der Waals surface area contributed by atoms with Crippen LogP contribution in [0.25, 0.3) is 16.8 Å². The number of benzene rings is 3. The molecule has 3 heterocycles. The fourth-order valence-corrected chi connectivity index (χ4v) is 6.31. The molecule has 6 rings (SSSR count). The van der Waals surface area contributed by atoms with Crippen molar-refractivity contribution in [3.05, 3.63) is 92.2 Å². The molecule has 4 aromatic rings. The van der Waals surface area contributed by atoms with E-state index in [4.69, 9.17) is 33.0 Å². The van der Waals surface area contributed by atoms with E-state index in [0.29, 0.717) is 40.1 Å². The molecule has 39 heavy (non-hydrogen) atoms. The molecule has 1 unspecified atom stereocenters. The van der Waals surface area contributed by atoms with Crippen LogP contribution in [-0.4, -0.2) is 29.2 Å². The summed E-state index contributed by atoms with van der Waals surface area (Å²) in [6, 6.07) is 14.8.